The fraction of sp³-hybridized carbons (Fsp3) is 0.250. The minimum absolute atomic E-state index is 0.00957. The zero-order chi connectivity index (χ0) is 12.4. The molecule has 0 saturated heterocycles. The average Bonchev–Trinajstić information content (AvgIpc) is 2.60. The van der Waals surface area contributed by atoms with Gasteiger partial charge in [-0.15, -0.1) is 0 Å². The van der Waals surface area contributed by atoms with Crippen LogP contribution in [0.4, 0.5) is 0 Å². The summed E-state index contributed by atoms with van der Waals surface area (Å²) in [5, 5.41) is 9.68. The lowest BCUT2D eigenvalue weighted by Gasteiger charge is -2.08. The lowest BCUT2D eigenvalue weighted by molar-refractivity contribution is 0.282. The van der Waals surface area contributed by atoms with Crippen molar-refractivity contribution in [3.63, 3.8) is 0 Å². The Morgan fingerprint density at radius 2 is 2.24 bits per heavy atom. The number of rotatable bonds is 3. The molecule has 1 aromatic heterocycles. The Hall–Kier alpha value is -0.840. The van der Waals surface area contributed by atoms with E-state index in [1.54, 1.807) is 6.07 Å². The summed E-state index contributed by atoms with van der Waals surface area (Å²) >= 11 is 9.50. The van der Waals surface area contributed by atoms with Crippen LogP contribution in [0.1, 0.15) is 17.0 Å². The Balaban J connectivity index is 2.27. The van der Waals surface area contributed by atoms with Gasteiger partial charge in [0.25, 0.3) is 0 Å². The molecule has 0 aliphatic heterocycles. The standard InChI is InChI=1S/C12H12BrClN2O/c1-8-15-12(13)6-16(8)5-10-3-2-9(7-17)4-11(10)14/h2-4,6,17H,5,7H2,1H3. The number of aromatic nitrogens is 2. The first kappa shape index (κ1) is 12.6. The third-order valence-electron chi connectivity index (χ3n) is 2.59. The number of aliphatic hydroxyl groups excluding tert-OH is 1. The van der Waals surface area contributed by atoms with E-state index in [-0.39, 0.29) is 6.61 Å². The van der Waals surface area contributed by atoms with Crippen molar-refractivity contribution in [2.75, 3.05) is 0 Å². The lowest BCUT2D eigenvalue weighted by atomic mass is 10.1. The molecule has 0 saturated carbocycles. The van der Waals surface area contributed by atoms with Crippen LogP contribution in [0.25, 0.3) is 0 Å². The van der Waals surface area contributed by atoms with Gasteiger partial charge in [-0.3, -0.25) is 0 Å². The minimum atomic E-state index is 0.00957. The molecule has 0 atom stereocenters. The van der Waals surface area contributed by atoms with Crippen molar-refractivity contribution in [3.8, 4) is 0 Å². The van der Waals surface area contributed by atoms with Gasteiger partial charge in [0, 0.05) is 11.2 Å². The van der Waals surface area contributed by atoms with Crippen molar-refractivity contribution in [2.24, 2.45) is 0 Å². The number of hydrogen-bond donors (Lipinski definition) is 1. The molecule has 5 heteroatoms. The Morgan fingerprint density at radius 3 is 2.76 bits per heavy atom. The van der Waals surface area contributed by atoms with Crippen LogP contribution in [0.5, 0.6) is 0 Å². The monoisotopic (exact) mass is 314 g/mol. The number of benzene rings is 1. The molecule has 1 aromatic carbocycles. The highest BCUT2D eigenvalue weighted by Gasteiger charge is 2.06. The predicted octanol–water partition coefficient (Wildman–Crippen LogP) is 3.15. The maximum absolute atomic E-state index is 9.01. The molecule has 3 nitrogen and oxygen atoms in total. The molecule has 2 rings (SSSR count). The first-order chi connectivity index (χ1) is 8.10. The van der Waals surface area contributed by atoms with Crippen LogP contribution >= 0.6 is 27.5 Å². The Morgan fingerprint density at radius 1 is 1.47 bits per heavy atom. The van der Waals surface area contributed by atoms with Crippen molar-refractivity contribution in [2.45, 2.75) is 20.1 Å². The first-order valence-corrected chi connectivity index (χ1v) is 6.34. The summed E-state index contributed by atoms with van der Waals surface area (Å²) in [6.07, 6.45) is 1.92. The summed E-state index contributed by atoms with van der Waals surface area (Å²) < 4.78 is 2.84. The molecular weight excluding hydrogens is 304 g/mol. The smallest absolute Gasteiger partial charge is 0.124 e. The van der Waals surface area contributed by atoms with Crippen LogP contribution in [0, 0.1) is 6.92 Å². The molecule has 0 radical (unpaired) electrons. The summed E-state index contributed by atoms with van der Waals surface area (Å²) in [6, 6.07) is 5.60. The average molecular weight is 316 g/mol. The van der Waals surface area contributed by atoms with Gasteiger partial charge in [0.05, 0.1) is 13.2 Å². The van der Waals surface area contributed by atoms with Crippen LogP contribution in [0.15, 0.2) is 29.0 Å². The SMILES string of the molecule is Cc1nc(Br)cn1Cc1ccc(CO)cc1Cl. The van der Waals surface area contributed by atoms with E-state index >= 15 is 0 Å². The molecule has 0 amide bonds. The van der Waals surface area contributed by atoms with Crippen molar-refractivity contribution in [1.29, 1.82) is 0 Å². The van der Waals surface area contributed by atoms with E-state index in [9.17, 15) is 0 Å². The Kier molecular flexibility index (Phi) is 3.86. The van der Waals surface area contributed by atoms with Gasteiger partial charge in [-0.25, -0.2) is 4.98 Å². The second-order valence-electron chi connectivity index (χ2n) is 3.82. The number of halogens is 2. The largest absolute Gasteiger partial charge is 0.392 e. The van der Waals surface area contributed by atoms with Crippen LogP contribution in [-0.4, -0.2) is 14.7 Å². The van der Waals surface area contributed by atoms with E-state index in [1.165, 1.54) is 0 Å². The summed E-state index contributed by atoms with van der Waals surface area (Å²) in [6.45, 7) is 2.63. The maximum atomic E-state index is 9.01. The zero-order valence-corrected chi connectivity index (χ0v) is 11.7. The number of aliphatic hydroxyl groups is 1. The number of aryl methyl sites for hydroxylation is 1. The molecule has 0 aliphatic rings. The molecule has 2 aromatic rings. The molecule has 0 unspecified atom stereocenters. The molecule has 0 spiro atoms. The molecule has 0 aliphatic carbocycles. The minimum Gasteiger partial charge on any atom is -0.392 e. The van der Waals surface area contributed by atoms with Gasteiger partial charge < -0.3 is 9.67 Å². The fourth-order valence-corrected chi connectivity index (χ4v) is 2.40. The maximum Gasteiger partial charge on any atom is 0.124 e. The fourth-order valence-electron chi connectivity index (χ4n) is 1.63. The Bertz CT molecular complexity index is 539. The van der Waals surface area contributed by atoms with E-state index in [2.05, 4.69) is 20.9 Å². The van der Waals surface area contributed by atoms with Crippen LogP contribution in [-0.2, 0) is 13.2 Å². The van der Waals surface area contributed by atoms with Crippen molar-refractivity contribution in [3.05, 3.63) is 51.0 Å². The quantitative estimate of drug-likeness (QED) is 0.945. The van der Waals surface area contributed by atoms with Crippen molar-refractivity contribution >= 4 is 27.5 Å². The van der Waals surface area contributed by atoms with Gasteiger partial charge in [-0.2, -0.15) is 0 Å². The second kappa shape index (κ2) is 5.21. The van der Waals surface area contributed by atoms with Gasteiger partial charge >= 0.3 is 0 Å². The van der Waals surface area contributed by atoms with Crippen LogP contribution in [0.2, 0.25) is 5.02 Å². The summed E-state index contributed by atoms with van der Waals surface area (Å²) in [7, 11) is 0. The van der Waals surface area contributed by atoms with Crippen molar-refractivity contribution in [1.82, 2.24) is 9.55 Å². The van der Waals surface area contributed by atoms with E-state index in [0.717, 1.165) is 21.6 Å². The molecule has 17 heavy (non-hydrogen) atoms. The second-order valence-corrected chi connectivity index (χ2v) is 5.04. The first-order valence-electron chi connectivity index (χ1n) is 5.17. The van der Waals surface area contributed by atoms with Crippen LogP contribution in [0.3, 0.4) is 0 Å². The van der Waals surface area contributed by atoms with E-state index < -0.39 is 0 Å². The van der Waals surface area contributed by atoms with Crippen molar-refractivity contribution < 1.29 is 5.11 Å². The third-order valence-corrected chi connectivity index (χ3v) is 3.32. The number of imidazole rings is 1. The highest BCUT2D eigenvalue weighted by molar-refractivity contribution is 9.10. The summed E-state index contributed by atoms with van der Waals surface area (Å²) in [5.74, 6) is 0.930. The molecule has 0 fully saturated rings. The highest BCUT2D eigenvalue weighted by Crippen LogP contribution is 2.20. The van der Waals surface area contributed by atoms with Gasteiger partial charge in [0.2, 0.25) is 0 Å². The predicted molar refractivity (Wildman–Crippen MR) is 71.1 cm³/mol. The number of nitrogens with zero attached hydrogens (tertiary/aromatic N) is 2. The lowest BCUT2D eigenvalue weighted by Crippen LogP contribution is -2.01. The van der Waals surface area contributed by atoms with Gasteiger partial charge in [-0.05, 0) is 40.0 Å². The van der Waals surface area contributed by atoms with Gasteiger partial charge in [-0.1, -0.05) is 23.7 Å². The molecular formula is C12H12BrClN2O. The van der Waals surface area contributed by atoms with E-state index in [0.29, 0.717) is 11.6 Å². The normalized spacial score (nSPS) is 10.8. The molecule has 90 valence electrons. The summed E-state index contributed by atoms with van der Waals surface area (Å²) in [5.41, 5.74) is 1.83. The zero-order valence-electron chi connectivity index (χ0n) is 9.32. The topological polar surface area (TPSA) is 38.0 Å². The molecule has 0 bridgehead atoms. The van der Waals surface area contributed by atoms with E-state index in [1.807, 2.05) is 29.8 Å². The van der Waals surface area contributed by atoms with Gasteiger partial charge in [0.15, 0.2) is 0 Å². The summed E-state index contributed by atoms with van der Waals surface area (Å²) in [4.78, 5) is 4.27. The van der Waals surface area contributed by atoms with Crippen LogP contribution < -0.4 is 0 Å². The third kappa shape index (κ3) is 2.89. The van der Waals surface area contributed by atoms with E-state index in [4.69, 9.17) is 16.7 Å². The highest BCUT2D eigenvalue weighted by atomic mass is 79.9. The Labute approximate surface area is 113 Å². The number of hydrogen-bond acceptors (Lipinski definition) is 2. The molecule has 1 heterocycles. The molecule has 1 N–H and O–H groups in total. The van der Waals surface area contributed by atoms with Gasteiger partial charge in [0.1, 0.15) is 10.4 Å².